The number of nitrogens with zero attached hydrogens (tertiary/aromatic N) is 2. The molecule has 0 radical (unpaired) electrons. The van der Waals surface area contributed by atoms with Crippen molar-refractivity contribution in [3.63, 3.8) is 0 Å². The number of nitrogens with one attached hydrogen (secondary N) is 1. The molecule has 1 heterocycles. The molecule has 0 unspecified atom stereocenters. The fraction of sp³-hybridized carbons (Fsp3) is 0.500. The van der Waals surface area contributed by atoms with Gasteiger partial charge in [0.15, 0.2) is 0 Å². The fourth-order valence-electron chi connectivity index (χ4n) is 1.13. The number of amides is 1. The van der Waals surface area contributed by atoms with E-state index in [0.717, 1.165) is 0 Å². The van der Waals surface area contributed by atoms with Gasteiger partial charge in [0.2, 0.25) is 0 Å². The summed E-state index contributed by atoms with van der Waals surface area (Å²) in [6, 6.07) is 2.29. The molecule has 0 saturated heterocycles. The Kier molecular flexibility index (Phi) is 1.60. The van der Waals surface area contributed by atoms with Gasteiger partial charge < -0.3 is 5.32 Å². The second-order valence-electron chi connectivity index (χ2n) is 2.99. The Morgan fingerprint density at radius 2 is 2.50 bits per heavy atom. The zero-order valence-corrected chi connectivity index (χ0v) is 6.95. The quantitative estimate of drug-likeness (QED) is 0.696. The third kappa shape index (κ3) is 1.20. The Bertz CT molecular complexity index is 301. The minimum absolute atomic E-state index is 0.116. The fourth-order valence-corrected chi connectivity index (χ4v) is 1.13. The molecule has 1 N–H and O–H groups in total. The average Bonchev–Trinajstić information content (AvgIpc) is 2.83. The predicted octanol–water partition coefficient (Wildman–Crippen LogP) is 0.578. The van der Waals surface area contributed by atoms with E-state index in [4.69, 9.17) is 0 Å². The van der Waals surface area contributed by atoms with Gasteiger partial charge in [0.1, 0.15) is 5.69 Å². The summed E-state index contributed by atoms with van der Waals surface area (Å²) in [5.74, 6) is -0.116. The Labute approximate surface area is 70.6 Å². The molecule has 0 spiro atoms. The molecule has 4 heteroatoms. The molecule has 4 nitrogen and oxygen atoms in total. The molecule has 1 aromatic heterocycles. The second-order valence-corrected chi connectivity index (χ2v) is 2.99. The van der Waals surface area contributed by atoms with Gasteiger partial charge in [-0.1, -0.05) is 0 Å². The maximum absolute atomic E-state index is 11.1. The van der Waals surface area contributed by atoms with Crippen LogP contribution in [0, 0.1) is 0 Å². The van der Waals surface area contributed by atoms with Crippen LogP contribution in [0.1, 0.15) is 29.4 Å². The van der Waals surface area contributed by atoms with Crippen LogP contribution < -0.4 is 5.32 Å². The van der Waals surface area contributed by atoms with Gasteiger partial charge in [-0.3, -0.25) is 9.48 Å². The van der Waals surface area contributed by atoms with Crippen molar-refractivity contribution in [1.82, 2.24) is 15.1 Å². The summed E-state index contributed by atoms with van der Waals surface area (Å²) in [5.41, 5.74) is 0.504. The Hall–Kier alpha value is -1.32. The highest BCUT2D eigenvalue weighted by Crippen LogP contribution is 2.33. The van der Waals surface area contributed by atoms with E-state index >= 15 is 0 Å². The van der Waals surface area contributed by atoms with E-state index in [1.165, 1.54) is 12.8 Å². The molecule has 1 amide bonds. The zero-order chi connectivity index (χ0) is 8.55. The lowest BCUT2D eigenvalue weighted by molar-refractivity contribution is 0.0957. The van der Waals surface area contributed by atoms with Gasteiger partial charge in [0, 0.05) is 13.2 Å². The molecule has 0 aliphatic heterocycles. The molecule has 1 aliphatic carbocycles. The molecular formula is C8H11N3O. The van der Waals surface area contributed by atoms with E-state index < -0.39 is 0 Å². The van der Waals surface area contributed by atoms with Crippen molar-refractivity contribution in [2.75, 3.05) is 7.05 Å². The van der Waals surface area contributed by atoms with Gasteiger partial charge in [0.05, 0.1) is 6.04 Å². The highest BCUT2D eigenvalue weighted by molar-refractivity contribution is 5.91. The molecule has 0 aromatic carbocycles. The molecular weight excluding hydrogens is 154 g/mol. The summed E-state index contributed by atoms with van der Waals surface area (Å²) in [5, 5.41) is 6.69. The lowest BCUT2D eigenvalue weighted by Crippen LogP contribution is -2.18. The second kappa shape index (κ2) is 2.62. The van der Waals surface area contributed by atoms with Crippen molar-refractivity contribution in [2.45, 2.75) is 18.9 Å². The first kappa shape index (κ1) is 7.34. The van der Waals surface area contributed by atoms with Gasteiger partial charge in [-0.05, 0) is 18.9 Å². The Balaban J connectivity index is 2.17. The first-order valence-corrected chi connectivity index (χ1v) is 4.08. The zero-order valence-electron chi connectivity index (χ0n) is 6.95. The summed E-state index contributed by atoms with van der Waals surface area (Å²) < 4.78 is 1.87. The van der Waals surface area contributed by atoms with Gasteiger partial charge in [-0.15, -0.1) is 0 Å². The van der Waals surface area contributed by atoms with E-state index in [-0.39, 0.29) is 5.91 Å². The first-order chi connectivity index (χ1) is 5.81. The van der Waals surface area contributed by atoms with Crippen molar-refractivity contribution in [2.24, 2.45) is 0 Å². The van der Waals surface area contributed by atoms with E-state index in [2.05, 4.69) is 10.4 Å². The van der Waals surface area contributed by atoms with E-state index in [1.807, 2.05) is 10.9 Å². The monoisotopic (exact) mass is 165 g/mol. The van der Waals surface area contributed by atoms with Gasteiger partial charge in [-0.2, -0.15) is 5.10 Å². The van der Waals surface area contributed by atoms with Crippen LogP contribution in [0.4, 0.5) is 0 Å². The average molecular weight is 165 g/mol. The first-order valence-electron chi connectivity index (χ1n) is 4.08. The van der Waals surface area contributed by atoms with Crippen molar-refractivity contribution in [3.05, 3.63) is 18.0 Å². The van der Waals surface area contributed by atoms with Gasteiger partial charge in [0.25, 0.3) is 5.91 Å². The summed E-state index contributed by atoms with van der Waals surface area (Å²) in [6.45, 7) is 0. The SMILES string of the molecule is CNC(=O)c1ccn(C2CC2)n1. The third-order valence-corrected chi connectivity index (χ3v) is 1.99. The summed E-state index contributed by atoms with van der Waals surface area (Å²) in [6.07, 6.45) is 4.24. The molecule has 2 rings (SSSR count). The smallest absolute Gasteiger partial charge is 0.271 e. The molecule has 0 atom stereocenters. The maximum atomic E-state index is 11.1. The molecule has 1 fully saturated rings. The summed E-state index contributed by atoms with van der Waals surface area (Å²) in [7, 11) is 1.61. The molecule has 12 heavy (non-hydrogen) atoms. The van der Waals surface area contributed by atoms with Crippen LogP contribution in [0.2, 0.25) is 0 Å². The third-order valence-electron chi connectivity index (χ3n) is 1.99. The summed E-state index contributed by atoms with van der Waals surface area (Å²) >= 11 is 0. The number of hydrogen-bond acceptors (Lipinski definition) is 2. The molecule has 0 bridgehead atoms. The van der Waals surface area contributed by atoms with Crippen molar-refractivity contribution >= 4 is 5.91 Å². The largest absolute Gasteiger partial charge is 0.354 e. The normalized spacial score (nSPS) is 16.1. The van der Waals surface area contributed by atoms with E-state index in [9.17, 15) is 4.79 Å². The van der Waals surface area contributed by atoms with E-state index in [0.29, 0.717) is 11.7 Å². The number of carbonyl (C=O) groups excluding carboxylic acids is 1. The van der Waals surface area contributed by atoms with Crippen LogP contribution in [-0.4, -0.2) is 22.7 Å². The van der Waals surface area contributed by atoms with Crippen molar-refractivity contribution in [1.29, 1.82) is 0 Å². The van der Waals surface area contributed by atoms with E-state index in [1.54, 1.807) is 13.1 Å². The van der Waals surface area contributed by atoms with Crippen LogP contribution >= 0.6 is 0 Å². The minimum Gasteiger partial charge on any atom is -0.354 e. The topological polar surface area (TPSA) is 46.9 Å². The number of rotatable bonds is 2. The highest BCUT2D eigenvalue weighted by atomic mass is 16.1. The van der Waals surface area contributed by atoms with Crippen LogP contribution in [0.3, 0.4) is 0 Å². The molecule has 64 valence electrons. The molecule has 1 aromatic rings. The lowest BCUT2D eigenvalue weighted by Gasteiger charge is -1.95. The highest BCUT2D eigenvalue weighted by Gasteiger charge is 2.24. The maximum Gasteiger partial charge on any atom is 0.271 e. The predicted molar refractivity (Wildman–Crippen MR) is 43.9 cm³/mol. The van der Waals surface area contributed by atoms with Crippen molar-refractivity contribution in [3.8, 4) is 0 Å². The van der Waals surface area contributed by atoms with Crippen LogP contribution in [0.15, 0.2) is 12.3 Å². The Morgan fingerprint density at radius 1 is 1.75 bits per heavy atom. The van der Waals surface area contributed by atoms with Crippen LogP contribution in [0.25, 0.3) is 0 Å². The summed E-state index contributed by atoms with van der Waals surface area (Å²) in [4.78, 5) is 11.1. The lowest BCUT2D eigenvalue weighted by atomic mass is 10.4. The molecule has 1 aliphatic rings. The van der Waals surface area contributed by atoms with Gasteiger partial charge >= 0.3 is 0 Å². The van der Waals surface area contributed by atoms with Crippen molar-refractivity contribution < 1.29 is 4.79 Å². The van der Waals surface area contributed by atoms with Crippen LogP contribution in [-0.2, 0) is 0 Å². The standard InChI is InChI=1S/C8H11N3O/c1-9-8(12)7-4-5-11(10-7)6-2-3-6/h4-6H,2-3H2,1H3,(H,9,12). The number of aromatic nitrogens is 2. The van der Waals surface area contributed by atoms with Crippen LogP contribution in [0.5, 0.6) is 0 Å². The minimum atomic E-state index is -0.116. The number of carbonyl (C=O) groups is 1. The Morgan fingerprint density at radius 3 is 3.08 bits per heavy atom. The molecule has 1 saturated carbocycles. The number of hydrogen-bond donors (Lipinski definition) is 1. The van der Waals surface area contributed by atoms with Gasteiger partial charge in [-0.25, -0.2) is 0 Å².